The van der Waals surface area contributed by atoms with Crippen LogP contribution < -0.4 is 5.56 Å². The van der Waals surface area contributed by atoms with Crippen LogP contribution in [0.1, 0.15) is 56.9 Å². The average Bonchev–Trinajstić information content (AvgIpc) is 3.28. The van der Waals surface area contributed by atoms with Gasteiger partial charge >= 0.3 is 5.97 Å². The van der Waals surface area contributed by atoms with E-state index in [2.05, 4.69) is 0 Å². The van der Waals surface area contributed by atoms with E-state index >= 15 is 0 Å². The van der Waals surface area contributed by atoms with E-state index < -0.39 is 5.60 Å². The third-order valence-electron chi connectivity index (χ3n) is 5.19. The number of ether oxygens (including phenoxy) is 2. The van der Waals surface area contributed by atoms with E-state index in [0.717, 1.165) is 48.9 Å². The number of esters is 1. The molecule has 0 N–H and O–H groups in total. The number of aryl methyl sites for hydroxylation is 2. The van der Waals surface area contributed by atoms with Crippen molar-refractivity contribution >= 4 is 39.3 Å². The maximum atomic E-state index is 13.5. The molecule has 0 unspecified atom stereocenters. The van der Waals surface area contributed by atoms with Crippen molar-refractivity contribution in [2.75, 3.05) is 12.4 Å². The molecule has 2 aliphatic rings. The van der Waals surface area contributed by atoms with E-state index in [1.165, 1.54) is 28.6 Å². The molecular formula is C21H28N2O4S2. The first-order chi connectivity index (χ1) is 13.8. The first-order valence-electron chi connectivity index (χ1n) is 10.3. The minimum atomic E-state index is -0.529. The van der Waals surface area contributed by atoms with Crippen molar-refractivity contribution in [1.82, 2.24) is 9.55 Å². The molecule has 1 fully saturated rings. The predicted molar refractivity (Wildman–Crippen MR) is 116 cm³/mol. The van der Waals surface area contributed by atoms with Crippen molar-refractivity contribution in [2.24, 2.45) is 0 Å². The Labute approximate surface area is 179 Å². The van der Waals surface area contributed by atoms with Gasteiger partial charge in [-0.1, -0.05) is 11.8 Å². The van der Waals surface area contributed by atoms with E-state index in [1.807, 2.05) is 20.8 Å². The van der Waals surface area contributed by atoms with Crippen molar-refractivity contribution < 1.29 is 14.3 Å². The summed E-state index contributed by atoms with van der Waals surface area (Å²) in [4.78, 5) is 32.6. The minimum Gasteiger partial charge on any atom is -0.459 e. The molecule has 0 bridgehead atoms. The van der Waals surface area contributed by atoms with Crippen molar-refractivity contribution in [3.05, 3.63) is 20.8 Å². The van der Waals surface area contributed by atoms with Crippen LogP contribution >= 0.6 is 23.1 Å². The number of thioether (sulfide) groups is 1. The predicted octanol–water partition coefficient (Wildman–Crippen LogP) is 3.95. The topological polar surface area (TPSA) is 70.4 Å². The Balaban J connectivity index is 1.68. The summed E-state index contributed by atoms with van der Waals surface area (Å²) in [6.07, 6.45) is 6.27. The Morgan fingerprint density at radius 1 is 1.31 bits per heavy atom. The molecule has 8 heteroatoms. The monoisotopic (exact) mass is 436 g/mol. The summed E-state index contributed by atoms with van der Waals surface area (Å²) < 4.78 is 12.9. The molecular weight excluding hydrogens is 408 g/mol. The number of carbonyl (C=O) groups excluding carboxylic acids is 1. The van der Waals surface area contributed by atoms with Crippen LogP contribution in [0.4, 0.5) is 0 Å². The van der Waals surface area contributed by atoms with Crippen LogP contribution in [-0.2, 0) is 33.7 Å². The van der Waals surface area contributed by atoms with Gasteiger partial charge in [-0.05, 0) is 64.9 Å². The van der Waals surface area contributed by atoms with Gasteiger partial charge in [0.25, 0.3) is 5.56 Å². The highest BCUT2D eigenvalue weighted by atomic mass is 32.2. The Kier molecular flexibility index (Phi) is 6.04. The highest BCUT2D eigenvalue weighted by Gasteiger charge is 2.25. The number of nitrogens with zero attached hydrogens (tertiary/aromatic N) is 2. The van der Waals surface area contributed by atoms with Gasteiger partial charge in [0.1, 0.15) is 10.4 Å². The first kappa shape index (κ1) is 20.9. The van der Waals surface area contributed by atoms with Gasteiger partial charge in [0.15, 0.2) is 5.16 Å². The zero-order chi connectivity index (χ0) is 20.6. The van der Waals surface area contributed by atoms with E-state index in [1.54, 1.807) is 15.9 Å². The van der Waals surface area contributed by atoms with Gasteiger partial charge in [-0.3, -0.25) is 14.2 Å². The number of aromatic nitrogens is 2. The molecule has 1 aliphatic carbocycles. The summed E-state index contributed by atoms with van der Waals surface area (Å²) in [5.74, 6) is -0.169. The fourth-order valence-corrected chi connectivity index (χ4v) is 6.06. The Morgan fingerprint density at radius 2 is 2.10 bits per heavy atom. The molecule has 0 spiro atoms. The van der Waals surface area contributed by atoms with Crippen LogP contribution in [0, 0.1) is 0 Å². The molecule has 0 aromatic carbocycles. The minimum absolute atomic E-state index is 0.0107. The molecule has 1 aliphatic heterocycles. The molecule has 0 radical (unpaired) electrons. The molecule has 29 heavy (non-hydrogen) atoms. The highest BCUT2D eigenvalue weighted by Crippen LogP contribution is 2.35. The van der Waals surface area contributed by atoms with E-state index in [9.17, 15) is 9.59 Å². The third kappa shape index (κ3) is 4.70. The first-order valence-corrected chi connectivity index (χ1v) is 12.1. The van der Waals surface area contributed by atoms with Crippen LogP contribution in [0.3, 0.4) is 0 Å². The van der Waals surface area contributed by atoms with Crippen LogP contribution in [0.2, 0.25) is 0 Å². The van der Waals surface area contributed by atoms with E-state index in [0.29, 0.717) is 11.7 Å². The smallest absolute Gasteiger partial charge is 0.316 e. The molecule has 1 atom stereocenters. The fraction of sp³-hybridized carbons (Fsp3) is 0.667. The molecule has 0 amide bonds. The van der Waals surface area contributed by atoms with Crippen molar-refractivity contribution in [3.63, 3.8) is 0 Å². The molecule has 4 rings (SSSR count). The number of rotatable bonds is 5. The van der Waals surface area contributed by atoms with Crippen LogP contribution in [0.5, 0.6) is 0 Å². The lowest BCUT2D eigenvalue weighted by Crippen LogP contribution is -2.29. The summed E-state index contributed by atoms with van der Waals surface area (Å²) in [6.45, 7) is 6.78. The molecule has 0 saturated carbocycles. The average molecular weight is 437 g/mol. The van der Waals surface area contributed by atoms with Crippen LogP contribution in [-0.4, -0.2) is 39.6 Å². The molecule has 1 saturated heterocycles. The number of fused-ring (bicyclic) bond motifs is 3. The van der Waals surface area contributed by atoms with Gasteiger partial charge in [0.2, 0.25) is 0 Å². The zero-order valence-corrected chi connectivity index (χ0v) is 18.9. The molecule has 158 valence electrons. The standard InChI is InChI=1S/C21H28N2O4S2/c1-21(2,3)27-16(24)12-28-20-22-18-17(14-8-4-5-9-15(14)29-18)19(25)23(20)11-13-7-6-10-26-13/h13H,4-12H2,1-3H3/t13-/m1/s1. The second-order valence-corrected chi connectivity index (χ2v) is 10.7. The largest absolute Gasteiger partial charge is 0.459 e. The summed E-state index contributed by atoms with van der Waals surface area (Å²) >= 11 is 2.92. The van der Waals surface area contributed by atoms with Gasteiger partial charge in [-0.2, -0.15) is 0 Å². The Morgan fingerprint density at radius 3 is 2.83 bits per heavy atom. The second-order valence-electron chi connectivity index (χ2n) is 8.71. The van der Waals surface area contributed by atoms with Crippen molar-refractivity contribution in [2.45, 2.75) is 82.7 Å². The highest BCUT2D eigenvalue weighted by molar-refractivity contribution is 7.99. The molecule has 2 aromatic heterocycles. The number of hydrogen-bond acceptors (Lipinski definition) is 7. The summed E-state index contributed by atoms with van der Waals surface area (Å²) in [6, 6.07) is 0. The summed E-state index contributed by atoms with van der Waals surface area (Å²) in [5, 5.41) is 1.37. The van der Waals surface area contributed by atoms with Crippen LogP contribution in [0.15, 0.2) is 9.95 Å². The van der Waals surface area contributed by atoms with Gasteiger partial charge in [0, 0.05) is 11.5 Å². The quantitative estimate of drug-likeness (QED) is 0.402. The van der Waals surface area contributed by atoms with Crippen LogP contribution in [0.25, 0.3) is 10.2 Å². The lowest BCUT2D eigenvalue weighted by Gasteiger charge is -2.20. The SMILES string of the molecule is CC(C)(C)OC(=O)CSc1nc2sc3c(c2c(=O)n1C[C@H]1CCCO1)CCCC3. The molecule has 6 nitrogen and oxygen atoms in total. The Hall–Kier alpha value is -1.38. The van der Waals surface area contributed by atoms with Crippen molar-refractivity contribution in [3.8, 4) is 0 Å². The van der Waals surface area contributed by atoms with Gasteiger partial charge in [0.05, 0.1) is 23.8 Å². The van der Waals surface area contributed by atoms with Crippen molar-refractivity contribution in [1.29, 1.82) is 0 Å². The Bertz CT molecular complexity index is 968. The fourth-order valence-electron chi connectivity index (χ4n) is 3.98. The lowest BCUT2D eigenvalue weighted by atomic mass is 9.97. The number of thiophene rings is 1. The maximum absolute atomic E-state index is 13.5. The number of carbonyl (C=O) groups is 1. The van der Waals surface area contributed by atoms with Gasteiger partial charge in [-0.15, -0.1) is 11.3 Å². The molecule has 3 heterocycles. The van der Waals surface area contributed by atoms with E-state index in [-0.39, 0.29) is 23.4 Å². The lowest BCUT2D eigenvalue weighted by molar-refractivity contribution is -0.151. The molecule has 2 aromatic rings. The van der Waals surface area contributed by atoms with E-state index in [4.69, 9.17) is 14.5 Å². The number of hydrogen-bond donors (Lipinski definition) is 0. The maximum Gasteiger partial charge on any atom is 0.316 e. The summed E-state index contributed by atoms with van der Waals surface area (Å²) in [5.41, 5.74) is 0.675. The second kappa shape index (κ2) is 8.40. The third-order valence-corrected chi connectivity index (χ3v) is 7.32. The normalized spacial score (nSPS) is 19.5. The zero-order valence-electron chi connectivity index (χ0n) is 17.3. The van der Waals surface area contributed by atoms with Gasteiger partial charge < -0.3 is 9.47 Å². The summed E-state index contributed by atoms with van der Waals surface area (Å²) in [7, 11) is 0. The van der Waals surface area contributed by atoms with Gasteiger partial charge in [-0.25, -0.2) is 4.98 Å².